The van der Waals surface area contributed by atoms with Crippen molar-refractivity contribution in [2.75, 3.05) is 0 Å². The van der Waals surface area contributed by atoms with Gasteiger partial charge in [0.15, 0.2) is 0 Å². The molecule has 8 aromatic rings. The van der Waals surface area contributed by atoms with Crippen LogP contribution in [0.2, 0.25) is 13.1 Å². The van der Waals surface area contributed by atoms with Crippen LogP contribution in [0.4, 0.5) is 0 Å². The van der Waals surface area contributed by atoms with Crippen LogP contribution >= 0.6 is 0 Å². The zero-order valence-electron chi connectivity index (χ0n) is 27.3. The van der Waals surface area contributed by atoms with E-state index in [-0.39, 0.29) is 6.19 Å². The topological polar surface area (TPSA) is 0 Å². The zero-order valence-corrected chi connectivity index (χ0v) is 29.8. The quantitative estimate of drug-likeness (QED) is 0.132. The number of rotatable bonds is 4. The van der Waals surface area contributed by atoms with E-state index in [1.54, 1.807) is 0 Å². The van der Waals surface area contributed by atoms with Crippen LogP contribution in [-0.2, 0) is 32.0 Å². The van der Waals surface area contributed by atoms with E-state index in [4.69, 9.17) is 0 Å². The summed E-state index contributed by atoms with van der Waals surface area (Å²) < 4.78 is 0. The van der Waals surface area contributed by atoms with Gasteiger partial charge in [-0.3, -0.25) is 0 Å². The predicted octanol–water partition coefficient (Wildman–Crippen LogP) is 12.7. The average molecular weight is 645 g/mol. The van der Waals surface area contributed by atoms with Crippen molar-refractivity contribution in [1.29, 1.82) is 0 Å². The Labute approximate surface area is 285 Å². The number of aryl methyl sites for hydroxylation is 2. The zero-order chi connectivity index (χ0) is 32.0. The molecule has 8 rings (SSSR count). The molecule has 46 heavy (non-hydrogen) atoms. The van der Waals surface area contributed by atoms with E-state index in [1.807, 2.05) is 0 Å². The molecule has 0 saturated carbocycles. The minimum atomic E-state index is 0.120. The van der Waals surface area contributed by atoms with E-state index in [1.165, 1.54) is 76.5 Å². The van der Waals surface area contributed by atoms with Gasteiger partial charge in [0.05, 0.1) is 0 Å². The Hall–Kier alpha value is -4.01. The molecule has 0 aromatic heterocycles. The van der Waals surface area contributed by atoms with E-state index in [0.29, 0.717) is 0 Å². The fraction of sp³-hybridized carbons (Fsp3) is 0.136. The van der Waals surface area contributed by atoms with Gasteiger partial charge in [0, 0.05) is 0 Å². The van der Waals surface area contributed by atoms with Gasteiger partial charge in [-0.1, -0.05) is 122 Å². The minimum absolute atomic E-state index is 0.120. The van der Waals surface area contributed by atoms with Gasteiger partial charge < -0.3 is 0 Å². The Balaban J connectivity index is 0.000000145. The molecule has 2 heteroatoms. The summed E-state index contributed by atoms with van der Waals surface area (Å²) in [6, 6.07) is 52.9. The standard InChI is InChI=1S/2C21H17.C2H6Si.Ti/c2*1-2-15-13-17-9-6-12-20(21(17)14-15)19-11-5-8-16-7-3-4-10-18(16)19;1-3-2;/h2*3-14H,2H2,1H3;1-2H3;/q2*-1;;+2. The van der Waals surface area contributed by atoms with Crippen molar-refractivity contribution in [3.05, 3.63) is 157 Å². The Morgan fingerprint density at radius 3 is 1.17 bits per heavy atom. The Morgan fingerprint density at radius 1 is 0.457 bits per heavy atom. The molecule has 0 saturated heterocycles. The molecular formula is C44H40SiTi. The van der Waals surface area contributed by atoms with E-state index < -0.39 is 0 Å². The Bertz CT molecular complexity index is 2110. The first-order chi connectivity index (χ1) is 22.5. The van der Waals surface area contributed by atoms with Crippen LogP contribution in [0.5, 0.6) is 0 Å². The molecule has 0 N–H and O–H groups in total. The number of fused-ring (bicyclic) bond motifs is 4. The van der Waals surface area contributed by atoms with Gasteiger partial charge >= 0.3 is 38.5 Å². The second kappa shape index (κ2) is 14.6. The van der Waals surface area contributed by atoms with Crippen LogP contribution in [-0.4, -0.2) is 6.19 Å². The molecule has 0 unspecified atom stereocenters. The normalized spacial score (nSPS) is 10.9. The Kier molecular flexibility index (Phi) is 10.1. The van der Waals surface area contributed by atoms with Crippen LogP contribution in [0, 0.1) is 0 Å². The van der Waals surface area contributed by atoms with Crippen molar-refractivity contribution < 1.29 is 19.2 Å². The van der Waals surface area contributed by atoms with Crippen LogP contribution in [0.25, 0.3) is 65.3 Å². The van der Waals surface area contributed by atoms with Gasteiger partial charge in [0.1, 0.15) is 0 Å². The second-order valence-corrected chi connectivity index (χ2v) is 18.8. The fourth-order valence-corrected chi connectivity index (χ4v) is 6.39. The molecule has 0 heterocycles. The second-order valence-electron chi connectivity index (χ2n) is 12.1. The Morgan fingerprint density at radius 2 is 0.783 bits per heavy atom. The van der Waals surface area contributed by atoms with Gasteiger partial charge in [-0.2, -0.15) is 12.1 Å². The molecule has 0 aliphatic carbocycles. The molecule has 0 aliphatic rings. The summed E-state index contributed by atoms with van der Waals surface area (Å²) in [5, 5.41) is 10.7. The third-order valence-corrected chi connectivity index (χ3v) is 8.60. The first-order valence-corrected chi connectivity index (χ1v) is 21.2. The summed E-state index contributed by atoms with van der Waals surface area (Å²) in [6.07, 6.45) is 2.29. The van der Waals surface area contributed by atoms with Crippen LogP contribution in [0.1, 0.15) is 25.0 Å². The maximum absolute atomic E-state index is 2.34. The van der Waals surface area contributed by atoms with Crippen molar-refractivity contribution >= 4 is 49.3 Å². The molecule has 0 nitrogen and oxygen atoms in total. The average Bonchev–Trinajstić information content (AvgIpc) is 3.72. The third kappa shape index (κ3) is 6.88. The maximum atomic E-state index is 2.34. The van der Waals surface area contributed by atoms with Gasteiger partial charge in [-0.25, -0.2) is 0 Å². The van der Waals surface area contributed by atoms with Crippen LogP contribution < -0.4 is 0 Å². The number of benzene rings is 6. The molecule has 8 aromatic carbocycles. The van der Waals surface area contributed by atoms with Crippen molar-refractivity contribution in [2.45, 2.75) is 39.8 Å². The molecule has 0 fully saturated rings. The fourth-order valence-electron chi connectivity index (χ4n) is 6.39. The summed E-state index contributed by atoms with van der Waals surface area (Å²) in [4.78, 5) is 0. The predicted molar refractivity (Wildman–Crippen MR) is 201 cm³/mol. The molecule has 0 bridgehead atoms. The molecule has 0 spiro atoms. The van der Waals surface area contributed by atoms with Gasteiger partial charge in [-0.15, -0.1) is 69.1 Å². The van der Waals surface area contributed by atoms with Crippen LogP contribution in [0.15, 0.2) is 146 Å². The molecule has 0 atom stereocenters. The van der Waals surface area contributed by atoms with E-state index in [9.17, 15) is 0 Å². The summed E-state index contributed by atoms with van der Waals surface area (Å²) in [6.45, 7) is 8.97. The summed E-state index contributed by atoms with van der Waals surface area (Å²) >= 11 is 2.27. The number of hydrogen-bond donors (Lipinski definition) is 0. The van der Waals surface area contributed by atoms with Crippen molar-refractivity contribution in [3.63, 3.8) is 0 Å². The molecule has 0 amide bonds. The SMILES string of the molecule is CCc1cc2c(-c3cccc4ccccc34)cccc2[cH-]1.CCc1cc2c(-c3cccc4ccccc34)cccc2[cH-]1.C[Si](C)=[Ti+2]. The van der Waals surface area contributed by atoms with E-state index >= 15 is 0 Å². The van der Waals surface area contributed by atoms with Gasteiger partial charge in [-0.05, 0) is 45.5 Å². The van der Waals surface area contributed by atoms with E-state index in [0.717, 1.165) is 12.8 Å². The first kappa shape index (κ1) is 32.0. The molecular weight excluding hydrogens is 604 g/mol. The molecule has 224 valence electrons. The van der Waals surface area contributed by atoms with E-state index in [2.05, 4.69) is 192 Å². The molecule has 0 radical (unpaired) electrons. The third-order valence-electron chi connectivity index (χ3n) is 8.60. The summed E-state index contributed by atoms with van der Waals surface area (Å²) in [5.41, 5.74) is 8.15. The van der Waals surface area contributed by atoms with Crippen molar-refractivity contribution in [2.24, 2.45) is 0 Å². The van der Waals surface area contributed by atoms with Gasteiger partial charge in [0.2, 0.25) is 0 Å². The van der Waals surface area contributed by atoms with Crippen molar-refractivity contribution in [3.8, 4) is 22.3 Å². The van der Waals surface area contributed by atoms with Gasteiger partial charge in [0.25, 0.3) is 0 Å². The monoisotopic (exact) mass is 644 g/mol. The van der Waals surface area contributed by atoms with Crippen molar-refractivity contribution in [1.82, 2.24) is 0 Å². The van der Waals surface area contributed by atoms with Crippen LogP contribution in [0.3, 0.4) is 0 Å². The summed E-state index contributed by atoms with van der Waals surface area (Å²) in [7, 11) is 0. The summed E-state index contributed by atoms with van der Waals surface area (Å²) in [5.74, 6) is 0. The molecule has 0 aliphatic heterocycles. The number of hydrogen-bond acceptors (Lipinski definition) is 0. The first-order valence-electron chi connectivity index (χ1n) is 16.3.